The molecule has 2 aromatic carbocycles. The summed E-state index contributed by atoms with van der Waals surface area (Å²) in [6.07, 6.45) is 0. The zero-order valence-corrected chi connectivity index (χ0v) is 17.6. The highest BCUT2D eigenvalue weighted by Gasteiger charge is 2.27. The van der Waals surface area contributed by atoms with Crippen LogP contribution in [0.15, 0.2) is 52.1 Å². The van der Waals surface area contributed by atoms with Crippen LogP contribution in [-0.4, -0.2) is 46.2 Å². The lowest BCUT2D eigenvalue weighted by Crippen LogP contribution is -2.47. The summed E-state index contributed by atoms with van der Waals surface area (Å²) in [7, 11) is 0. The number of halogens is 1. The van der Waals surface area contributed by atoms with Gasteiger partial charge in [-0.05, 0) is 43.7 Å². The number of hydrogen-bond acceptors (Lipinski definition) is 4. The van der Waals surface area contributed by atoms with Gasteiger partial charge in [0.2, 0.25) is 5.91 Å². The Morgan fingerprint density at radius 1 is 1.10 bits per heavy atom. The van der Waals surface area contributed by atoms with Crippen LogP contribution in [0.4, 0.5) is 0 Å². The van der Waals surface area contributed by atoms with Gasteiger partial charge in [0.1, 0.15) is 6.04 Å². The molecule has 1 amide bonds. The average Bonchev–Trinajstić information content (AvgIpc) is 2.76. The molecule has 2 heterocycles. The van der Waals surface area contributed by atoms with E-state index in [0.717, 1.165) is 10.1 Å². The maximum absolute atomic E-state index is 13.5. The van der Waals surface area contributed by atoms with Gasteiger partial charge in [-0.2, -0.15) is 0 Å². The van der Waals surface area contributed by atoms with Gasteiger partial charge in [-0.3, -0.25) is 14.2 Å². The SMILES string of the molecule is Cc1ccc(-n2c(=O)c3ccccc3n(C(C)C(=O)N3CCOCC3)c2=O)cc1Cl. The van der Waals surface area contributed by atoms with Gasteiger partial charge in [-0.15, -0.1) is 0 Å². The number of fused-ring (bicyclic) bond motifs is 1. The first-order chi connectivity index (χ1) is 14.4. The molecule has 0 spiro atoms. The Hall–Kier alpha value is -2.90. The summed E-state index contributed by atoms with van der Waals surface area (Å²) < 4.78 is 7.79. The lowest BCUT2D eigenvalue weighted by Gasteiger charge is -2.30. The number of benzene rings is 2. The summed E-state index contributed by atoms with van der Waals surface area (Å²) >= 11 is 6.24. The van der Waals surface area contributed by atoms with E-state index in [0.29, 0.717) is 47.9 Å². The van der Waals surface area contributed by atoms with E-state index in [1.54, 1.807) is 54.3 Å². The number of amides is 1. The highest BCUT2D eigenvalue weighted by atomic mass is 35.5. The zero-order valence-electron chi connectivity index (χ0n) is 16.8. The van der Waals surface area contributed by atoms with Gasteiger partial charge in [-0.1, -0.05) is 29.8 Å². The molecular weight excluding hydrogens is 406 g/mol. The van der Waals surface area contributed by atoms with Crippen molar-refractivity contribution in [3.8, 4) is 5.69 Å². The van der Waals surface area contributed by atoms with Crippen LogP contribution in [0.1, 0.15) is 18.5 Å². The number of carbonyl (C=O) groups excluding carboxylic acids is 1. The fourth-order valence-corrected chi connectivity index (χ4v) is 3.94. The summed E-state index contributed by atoms with van der Waals surface area (Å²) in [5.41, 5.74) is 0.609. The van der Waals surface area contributed by atoms with Crippen LogP contribution in [0.3, 0.4) is 0 Å². The Balaban J connectivity index is 1.95. The number of para-hydroxylation sites is 1. The van der Waals surface area contributed by atoms with E-state index in [4.69, 9.17) is 16.3 Å². The first-order valence-corrected chi connectivity index (χ1v) is 10.2. The van der Waals surface area contributed by atoms with Gasteiger partial charge in [0.05, 0.1) is 29.8 Å². The minimum absolute atomic E-state index is 0.183. The Kier molecular flexibility index (Phi) is 5.49. The molecule has 156 valence electrons. The molecule has 0 bridgehead atoms. The Morgan fingerprint density at radius 3 is 2.50 bits per heavy atom. The molecule has 8 heteroatoms. The largest absolute Gasteiger partial charge is 0.378 e. The molecule has 1 aliphatic heterocycles. The van der Waals surface area contributed by atoms with Crippen LogP contribution in [-0.2, 0) is 9.53 Å². The van der Waals surface area contributed by atoms with Crippen molar-refractivity contribution < 1.29 is 9.53 Å². The van der Waals surface area contributed by atoms with Gasteiger partial charge in [0.25, 0.3) is 5.56 Å². The molecule has 0 radical (unpaired) electrons. The third kappa shape index (κ3) is 3.44. The van der Waals surface area contributed by atoms with Gasteiger partial charge in [0, 0.05) is 18.1 Å². The highest BCUT2D eigenvalue weighted by molar-refractivity contribution is 6.31. The van der Waals surface area contributed by atoms with Gasteiger partial charge < -0.3 is 9.64 Å². The van der Waals surface area contributed by atoms with Crippen LogP contribution >= 0.6 is 11.6 Å². The number of rotatable bonds is 3. The molecule has 7 nitrogen and oxygen atoms in total. The van der Waals surface area contributed by atoms with Crippen LogP contribution in [0, 0.1) is 6.92 Å². The summed E-state index contributed by atoms with van der Waals surface area (Å²) in [6.45, 7) is 5.41. The number of aromatic nitrogens is 2. The topological polar surface area (TPSA) is 73.5 Å². The van der Waals surface area contributed by atoms with Gasteiger partial charge >= 0.3 is 5.69 Å². The third-order valence-electron chi connectivity index (χ3n) is 5.48. The second-order valence-corrected chi connectivity index (χ2v) is 7.76. The van der Waals surface area contributed by atoms with Crippen molar-refractivity contribution in [1.82, 2.24) is 14.0 Å². The average molecular weight is 428 g/mol. The second kappa shape index (κ2) is 8.08. The van der Waals surface area contributed by atoms with Gasteiger partial charge in [0.15, 0.2) is 0 Å². The first-order valence-electron chi connectivity index (χ1n) is 9.79. The minimum Gasteiger partial charge on any atom is -0.378 e. The normalized spacial score (nSPS) is 15.4. The Bertz CT molecular complexity index is 1240. The van der Waals surface area contributed by atoms with Crippen molar-refractivity contribution in [2.75, 3.05) is 26.3 Å². The Morgan fingerprint density at radius 2 is 1.80 bits per heavy atom. The molecule has 1 aliphatic rings. The smallest absolute Gasteiger partial charge is 0.336 e. The van der Waals surface area contributed by atoms with Crippen LogP contribution < -0.4 is 11.2 Å². The van der Waals surface area contributed by atoms with Crippen molar-refractivity contribution in [3.05, 3.63) is 73.9 Å². The zero-order chi connectivity index (χ0) is 21.4. The fourth-order valence-electron chi connectivity index (χ4n) is 3.76. The second-order valence-electron chi connectivity index (χ2n) is 7.36. The predicted octanol–water partition coefficient (Wildman–Crippen LogP) is 2.53. The van der Waals surface area contributed by atoms with E-state index >= 15 is 0 Å². The summed E-state index contributed by atoms with van der Waals surface area (Å²) in [6, 6.07) is 11.1. The maximum atomic E-state index is 13.5. The van der Waals surface area contributed by atoms with Crippen molar-refractivity contribution in [1.29, 1.82) is 0 Å². The Labute approximate surface area is 178 Å². The molecule has 1 saturated heterocycles. The maximum Gasteiger partial charge on any atom is 0.336 e. The van der Waals surface area contributed by atoms with Crippen molar-refractivity contribution >= 4 is 28.4 Å². The van der Waals surface area contributed by atoms with E-state index in [1.165, 1.54) is 4.57 Å². The monoisotopic (exact) mass is 427 g/mol. The van der Waals surface area contributed by atoms with Crippen molar-refractivity contribution in [3.63, 3.8) is 0 Å². The third-order valence-corrected chi connectivity index (χ3v) is 5.88. The minimum atomic E-state index is -0.784. The molecular formula is C22H22ClN3O4. The molecule has 1 aromatic heterocycles. The molecule has 4 rings (SSSR count). The van der Waals surface area contributed by atoms with Gasteiger partial charge in [-0.25, -0.2) is 9.36 Å². The molecule has 0 N–H and O–H groups in total. The number of carbonyl (C=O) groups is 1. The van der Waals surface area contributed by atoms with Crippen molar-refractivity contribution in [2.24, 2.45) is 0 Å². The van der Waals surface area contributed by atoms with Crippen LogP contribution in [0.5, 0.6) is 0 Å². The predicted molar refractivity (Wildman–Crippen MR) is 116 cm³/mol. The molecule has 1 unspecified atom stereocenters. The molecule has 3 aromatic rings. The lowest BCUT2D eigenvalue weighted by molar-refractivity contribution is -0.138. The number of morpholine rings is 1. The summed E-state index contributed by atoms with van der Waals surface area (Å²) in [5, 5.41) is 0.811. The first kappa shape index (κ1) is 20.4. The number of aryl methyl sites for hydroxylation is 1. The molecule has 0 aliphatic carbocycles. The van der Waals surface area contributed by atoms with Crippen LogP contribution in [0.2, 0.25) is 5.02 Å². The number of nitrogens with zero attached hydrogens (tertiary/aromatic N) is 3. The molecule has 0 saturated carbocycles. The lowest BCUT2D eigenvalue weighted by atomic mass is 10.2. The number of ether oxygens (including phenoxy) is 1. The molecule has 1 fully saturated rings. The molecule has 1 atom stereocenters. The fraction of sp³-hybridized carbons (Fsp3) is 0.318. The quantitative estimate of drug-likeness (QED) is 0.643. The highest BCUT2D eigenvalue weighted by Crippen LogP contribution is 2.20. The van der Waals surface area contributed by atoms with E-state index in [9.17, 15) is 14.4 Å². The van der Waals surface area contributed by atoms with Crippen molar-refractivity contribution in [2.45, 2.75) is 19.9 Å². The number of hydrogen-bond donors (Lipinski definition) is 0. The van der Waals surface area contributed by atoms with E-state index in [1.807, 2.05) is 6.92 Å². The summed E-state index contributed by atoms with van der Waals surface area (Å²) in [4.78, 5) is 41.5. The van der Waals surface area contributed by atoms with Crippen LogP contribution in [0.25, 0.3) is 16.6 Å². The van der Waals surface area contributed by atoms with E-state index < -0.39 is 17.3 Å². The van der Waals surface area contributed by atoms with E-state index in [2.05, 4.69) is 0 Å². The van der Waals surface area contributed by atoms with E-state index in [-0.39, 0.29) is 5.91 Å². The standard InChI is InChI=1S/C22H22ClN3O4/c1-14-7-8-16(13-18(14)23)26-21(28)17-5-3-4-6-19(17)25(22(26)29)15(2)20(27)24-9-11-30-12-10-24/h3-8,13,15H,9-12H2,1-2H3. The molecule has 30 heavy (non-hydrogen) atoms. The summed E-state index contributed by atoms with van der Waals surface area (Å²) in [5.74, 6) is -0.183.